The molecule has 4 nitrogen and oxygen atoms in total. The van der Waals surface area contributed by atoms with Gasteiger partial charge in [0.1, 0.15) is 17.0 Å². The van der Waals surface area contributed by atoms with Crippen molar-refractivity contribution in [3.63, 3.8) is 0 Å². The Hall–Kier alpha value is -2.09. The Morgan fingerprint density at radius 3 is 2.78 bits per heavy atom. The molecule has 5 heteroatoms. The van der Waals surface area contributed by atoms with Crippen molar-refractivity contribution >= 4 is 5.91 Å². The summed E-state index contributed by atoms with van der Waals surface area (Å²) in [6.07, 6.45) is 0. The van der Waals surface area contributed by atoms with E-state index in [1.54, 1.807) is 0 Å². The summed E-state index contributed by atoms with van der Waals surface area (Å²) in [4.78, 5) is 11.7. The minimum absolute atomic E-state index is 0.116. The van der Waals surface area contributed by atoms with E-state index in [9.17, 15) is 9.18 Å². The van der Waals surface area contributed by atoms with Crippen molar-refractivity contribution in [2.24, 2.45) is 5.41 Å². The fourth-order valence-corrected chi connectivity index (χ4v) is 1.33. The van der Waals surface area contributed by atoms with Crippen LogP contribution in [0.5, 0.6) is 5.75 Å². The number of hydrogen-bond acceptors (Lipinski definition) is 3. The number of nitrogens with one attached hydrogen (secondary N) is 1. The van der Waals surface area contributed by atoms with Crippen LogP contribution in [-0.4, -0.2) is 13.0 Å². The number of halogens is 1. The fraction of sp³-hybridized carbons (Fsp3) is 0.385. The zero-order valence-electron chi connectivity index (χ0n) is 10.6. The van der Waals surface area contributed by atoms with Crippen LogP contribution in [0.2, 0.25) is 0 Å². The Morgan fingerprint density at radius 2 is 2.22 bits per heavy atom. The number of hydrogen-bond donors (Lipinski definition) is 1. The molecule has 0 unspecified atom stereocenters. The molecule has 0 radical (unpaired) electrons. The molecule has 96 valence electrons. The van der Waals surface area contributed by atoms with Gasteiger partial charge in [-0.15, -0.1) is 0 Å². The average Bonchev–Trinajstić information content (AvgIpc) is 2.36. The quantitative estimate of drug-likeness (QED) is 0.889. The lowest BCUT2D eigenvalue weighted by Crippen LogP contribution is -2.35. The maximum Gasteiger partial charge on any atom is 0.240 e. The van der Waals surface area contributed by atoms with Gasteiger partial charge in [-0.3, -0.25) is 4.79 Å². The van der Waals surface area contributed by atoms with Crippen molar-refractivity contribution < 1.29 is 13.9 Å². The Balaban J connectivity index is 2.78. The van der Waals surface area contributed by atoms with Crippen LogP contribution in [0.1, 0.15) is 19.4 Å². The van der Waals surface area contributed by atoms with Gasteiger partial charge in [-0.05, 0) is 32.0 Å². The van der Waals surface area contributed by atoms with E-state index >= 15 is 0 Å². The van der Waals surface area contributed by atoms with Crippen LogP contribution in [0.3, 0.4) is 0 Å². The summed E-state index contributed by atoms with van der Waals surface area (Å²) in [7, 11) is 1.47. The summed E-state index contributed by atoms with van der Waals surface area (Å²) in [6, 6.07) is 5.96. The average molecular weight is 250 g/mol. The first-order chi connectivity index (χ1) is 8.40. The summed E-state index contributed by atoms with van der Waals surface area (Å²) >= 11 is 0. The molecule has 0 bridgehead atoms. The maximum absolute atomic E-state index is 13.1. The van der Waals surface area contributed by atoms with Crippen LogP contribution in [0, 0.1) is 22.6 Å². The molecule has 0 aliphatic carbocycles. The van der Waals surface area contributed by atoms with E-state index in [0.29, 0.717) is 11.3 Å². The van der Waals surface area contributed by atoms with Crippen molar-refractivity contribution in [2.75, 3.05) is 7.11 Å². The highest BCUT2D eigenvalue weighted by atomic mass is 19.1. The number of rotatable bonds is 4. The molecular formula is C13H15FN2O2. The third-order valence-electron chi connectivity index (χ3n) is 2.53. The highest BCUT2D eigenvalue weighted by molar-refractivity contribution is 5.84. The predicted molar refractivity (Wildman–Crippen MR) is 64.2 cm³/mol. The number of nitrogens with zero attached hydrogens (tertiary/aromatic N) is 1. The third-order valence-corrected chi connectivity index (χ3v) is 2.53. The molecule has 0 spiro atoms. The smallest absolute Gasteiger partial charge is 0.240 e. The molecule has 0 heterocycles. The van der Waals surface area contributed by atoms with Gasteiger partial charge < -0.3 is 10.1 Å². The van der Waals surface area contributed by atoms with Gasteiger partial charge in [0.05, 0.1) is 13.2 Å². The van der Waals surface area contributed by atoms with Gasteiger partial charge in [0.25, 0.3) is 0 Å². The van der Waals surface area contributed by atoms with Crippen LogP contribution < -0.4 is 10.1 Å². The van der Waals surface area contributed by atoms with Gasteiger partial charge in [-0.25, -0.2) is 4.39 Å². The standard InChI is InChI=1S/C13H15FN2O2/c1-13(2,8-15)12(17)16-7-9-6-10(14)4-5-11(9)18-3/h4-6H,7H2,1-3H3,(H,16,17). The van der Waals surface area contributed by atoms with Crippen LogP contribution >= 0.6 is 0 Å². The number of nitriles is 1. The lowest BCUT2D eigenvalue weighted by Gasteiger charge is -2.16. The first-order valence-electron chi connectivity index (χ1n) is 5.42. The first-order valence-corrected chi connectivity index (χ1v) is 5.42. The van der Waals surface area contributed by atoms with Crippen LogP contribution in [0.15, 0.2) is 18.2 Å². The van der Waals surface area contributed by atoms with Gasteiger partial charge in [-0.2, -0.15) is 5.26 Å². The molecule has 0 aliphatic heterocycles. The van der Waals surface area contributed by atoms with Gasteiger partial charge in [-0.1, -0.05) is 0 Å². The molecule has 0 saturated heterocycles. The lowest BCUT2D eigenvalue weighted by molar-refractivity contribution is -0.126. The SMILES string of the molecule is COc1ccc(F)cc1CNC(=O)C(C)(C)C#N. The van der Waals surface area contributed by atoms with E-state index in [1.807, 2.05) is 6.07 Å². The Morgan fingerprint density at radius 1 is 1.56 bits per heavy atom. The van der Waals surface area contributed by atoms with E-state index < -0.39 is 17.1 Å². The van der Waals surface area contributed by atoms with E-state index in [2.05, 4.69) is 5.32 Å². The van der Waals surface area contributed by atoms with Crippen LogP contribution in [0.25, 0.3) is 0 Å². The Kier molecular flexibility index (Phi) is 4.27. The molecule has 0 saturated carbocycles. The number of carbonyl (C=O) groups is 1. The number of carbonyl (C=O) groups excluding carboxylic acids is 1. The molecular weight excluding hydrogens is 235 g/mol. The topological polar surface area (TPSA) is 62.1 Å². The zero-order chi connectivity index (χ0) is 13.8. The Bertz CT molecular complexity index is 492. The van der Waals surface area contributed by atoms with E-state index in [-0.39, 0.29) is 6.54 Å². The minimum atomic E-state index is -1.11. The van der Waals surface area contributed by atoms with Gasteiger partial charge in [0.2, 0.25) is 5.91 Å². The molecule has 0 atom stereocenters. The second-order valence-electron chi connectivity index (χ2n) is 4.38. The van der Waals surface area contributed by atoms with Crippen molar-refractivity contribution in [3.05, 3.63) is 29.6 Å². The number of ether oxygens (including phenoxy) is 1. The van der Waals surface area contributed by atoms with Gasteiger partial charge in [0.15, 0.2) is 0 Å². The summed E-state index contributed by atoms with van der Waals surface area (Å²) in [5.41, 5.74) is -0.583. The molecule has 1 N–H and O–H groups in total. The number of methoxy groups -OCH3 is 1. The summed E-state index contributed by atoms with van der Waals surface area (Å²) in [5.74, 6) is -0.317. The van der Waals surface area contributed by atoms with Crippen LogP contribution in [0.4, 0.5) is 4.39 Å². The second kappa shape index (κ2) is 5.50. The summed E-state index contributed by atoms with van der Waals surface area (Å²) in [5, 5.41) is 11.4. The lowest BCUT2D eigenvalue weighted by atomic mass is 9.94. The second-order valence-corrected chi connectivity index (χ2v) is 4.38. The normalized spacial score (nSPS) is 10.6. The number of benzene rings is 1. The van der Waals surface area contributed by atoms with Gasteiger partial charge in [0, 0.05) is 12.1 Å². The monoisotopic (exact) mass is 250 g/mol. The van der Waals surface area contributed by atoms with Crippen molar-refractivity contribution in [2.45, 2.75) is 20.4 Å². The van der Waals surface area contributed by atoms with Crippen molar-refractivity contribution in [1.82, 2.24) is 5.32 Å². The van der Waals surface area contributed by atoms with Gasteiger partial charge >= 0.3 is 0 Å². The molecule has 1 aromatic rings. The summed E-state index contributed by atoms with van der Waals surface area (Å²) < 4.78 is 18.1. The molecule has 0 aromatic heterocycles. The maximum atomic E-state index is 13.1. The minimum Gasteiger partial charge on any atom is -0.496 e. The third kappa shape index (κ3) is 3.20. The van der Waals surface area contributed by atoms with Crippen molar-refractivity contribution in [1.29, 1.82) is 5.26 Å². The summed E-state index contributed by atoms with van der Waals surface area (Å²) in [6.45, 7) is 3.15. The molecule has 1 amide bonds. The molecule has 1 rings (SSSR count). The zero-order valence-corrected chi connectivity index (χ0v) is 10.6. The first kappa shape index (κ1) is 14.0. The molecule has 1 aromatic carbocycles. The number of amides is 1. The largest absolute Gasteiger partial charge is 0.496 e. The highest BCUT2D eigenvalue weighted by Crippen LogP contribution is 2.20. The van der Waals surface area contributed by atoms with E-state index in [1.165, 1.54) is 39.2 Å². The Labute approximate surface area is 105 Å². The predicted octanol–water partition coefficient (Wildman–Crippen LogP) is 2.00. The molecule has 18 heavy (non-hydrogen) atoms. The fourth-order valence-electron chi connectivity index (χ4n) is 1.33. The van der Waals surface area contributed by atoms with Crippen molar-refractivity contribution in [3.8, 4) is 11.8 Å². The molecule has 0 fully saturated rings. The van der Waals surface area contributed by atoms with E-state index in [4.69, 9.17) is 10.00 Å². The van der Waals surface area contributed by atoms with Crippen LogP contribution in [-0.2, 0) is 11.3 Å². The van der Waals surface area contributed by atoms with E-state index in [0.717, 1.165) is 0 Å². The highest BCUT2D eigenvalue weighted by Gasteiger charge is 2.26. The molecule has 0 aliphatic rings.